The van der Waals surface area contributed by atoms with E-state index in [1.165, 1.54) is 16.7 Å². The topological polar surface area (TPSA) is 67.3 Å². The maximum Gasteiger partial charge on any atom is 0.138 e. The summed E-state index contributed by atoms with van der Waals surface area (Å²) in [6.45, 7) is 5.78. The highest BCUT2D eigenvalue weighted by atomic mass is 32.1. The number of aromatic nitrogens is 2. The molecule has 0 amide bonds. The highest BCUT2D eigenvalue weighted by Gasteiger charge is 2.14. The number of hydrogen-bond donors (Lipinski definition) is 2. The largest absolute Gasteiger partial charge is 0.394 e. The van der Waals surface area contributed by atoms with Gasteiger partial charge in [-0.25, -0.2) is 9.97 Å². The quantitative estimate of drug-likeness (QED) is 0.644. The van der Waals surface area contributed by atoms with Crippen LogP contribution in [0, 0.1) is 13.8 Å². The Morgan fingerprint density at radius 3 is 2.83 bits per heavy atom. The molecule has 2 heterocycles. The first kappa shape index (κ1) is 16.8. The van der Waals surface area contributed by atoms with Crippen LogP contribution in [0.5, 0.6) is 0 Å². The average molecular weight is 343 g/mol. The number of aryl methyl sites for hydroxylation is 2. The van der Waals surface area contributed by atoms with Crippen molar-refractivity contribution in [3.8, 4) is 11.1 Å². The third-order valence-electron chi connectivity index (χ3n) is 3.82. The Balaban J connectivity index is 1.92. The maximum atomic E-state index is 8.74. The van der Waals surface area contributed by atoms with E-state index in [0.717, 1.165) is 21.6 Å². The molecule has 6 heteroatoms. The summed E-state index contributed by atoms with van der Waals surface area (Å²) < 4.78 is 5.29. The molecule has 3 aromatic rings. The molecule has 0 saturated carbocycles. The van der Waals surface area contributed by atoms with Gasteiger partial charge in [0.15, 0.2) is 0 Å². The van der Waals surface area contributed by atoms with Crippen LogP contribution in [0.3, 0.4) is 0 Å². The summed E-state index contributed by atoms with van der Waals surface area (Å²) >= 11 is 1.63. The number of benzene rings is 1. The molecule has 0 bridgehead atoms. The Morgan fingerprint density at radius 2 is 2.04 bits per heavy atom. The van der Waals surface area contributed by atoms with E-state index >= 15 is 0 Å². The first-order valence-electron chi connectivity index (χ1n) is 7.93. The molecule has 1 aromatic carbocycles. The highest BCUT2D eigenvalue weighted by molar-refractivity contribution is 7.17. The molecule has 0 aliphatic heterocycles. The van der Waals surface area contributed by atoms with Gasteiger partial charge in [0.25, 0.3) is 0 Å². The zero-order chi connectivity index (χ0) is 16.9. The van der Waals surface area contributed by atoms with E-state index < -0.39 is 0 Å². The lowest BCUT2D eigenvalue weighted by atomic mass is 9.99. The molecule has 0 atom stereocenters. The molecule has 5 nitrogen and oxygen atoms in total. The molecule has 2 aromatic heterocycles. The molecule has 0 fully saturated rings. The second kappa shape index (κ2) is 7.70. The Kier molecular flexibility index (Phi) is 5.40. The first-order valence-corrected chi connectivity index (χ1v) is 8.81. The van der Waals surface area contributed by atoms with Gasteiger partial charge in [-0.3, -0.25) is 0 Å². The predicted octanol–water partition coefficient (Wildman–Crippen LogP) is 3.40. The van der Waals surface area contributed by atoms with Crippen LogP contribution in [0.2, 0.25) is 0 Å². The second-order valence-corrected chi connectivity index (χ2v) is 6.49. The summed E-state index contributed by atoms with van der Waals surface area (Å²) in [6, 6.07) is 6.48. The van der Waals surface area contributed by atoms with Crippen LogP contribution in [-0.4, -0.2) is 41.4 Å². The third kappa shape index (κ3) is 3.56. The molecule has 0 aliphatic carbocycles. The predicted molar refractivity (Wildman–Crippen MR) is 98.7 cm³/mol. The fourth-order valence-electron chi connectivity index (χ4n) is 2.73. The van der Waals surface area contributed by atoms with Crippen molar-refractivity contribution in [2.45, 2.75) is 13.8 Å². The maximum absolute atomic E-state index is 8.74. The van der Waals surface area contributed by atoms with Gasteiger partial charge >= 0.3 is 0 Å². The van der Waals surface area contributed by atoms with E-state index in [2.05, 4.69) is 52.7 Å². The van der Waals surface area contributed by atoms with Crippen LogP contribution < -0.4 is 5.32 Å². The average Bonchev–Trinajstić information content (AvgIpc) is 2.99. The van der Waals surface area contributed by atoms with Crippen molar-refractivity contribution < 1.29 is 9.84 Å². The molecule has 126 valence electrons. The standard InChI is InChI=1S/C18H21N3O2S/c1-12-3-4-14(13(2)9-12)15-10-24-18-16(15)17(20-11-21-18)19-5-7-23-8-6-22/h3-4,9-11,22H,5-8H2,1-2H3,(H,19,20,21). The van der Waals surface area contributed by atoms with Gasteiger partial charge < -0.3 is 15.2 Å². The summed E-state index contributed by atoms with van der Waals surface area (Å²) in [4.78, 5) is 9.78. The van der Waals surface area contributed by atoms with Crippen molar-refractivity contribution >= 4 is 27.4 Å². The Morgan fingerprint density at radius 1 is 1.17 bits per heavy atom. The fourth-order valence-corrected chi connectivity index (χ4v) is 3.64. The van der Waals surface area contributed by atoms with Gasteiger partial charge in [-0.05, 0) is 25.0 Å². The lowest BCUT2D eigenvalue weighted by Crippen LogP contribution is -2.12. The molecular formula is C18H21N3O2S. The lowest BCUT2D eigenvalue weighted by Gasteiger charge is -2.10. The molecule has 0 spiro atoms. The van der Waals surface area contributed by atoms with Gasteiger partial charge in [0.1, 0.15) is 17.0 Å². The Bertz CT molecular complexity index is 832. The van der Waals surface area contributed by atoms with E-state index in [0.29, 0.717) is 19.8 Å². The SMILES string of the molecule is Cc1ccc(-c2csc3ncnc(NCCOCCO)c23)c(C)c1. The minimum Gasteiger partial charge on any atom is -0.394 e. The Labute approximate surface area is 145 Å². The summed E-state index contributed by atoms with van der Waals surface area (Å²) in [5, 5.41) is 15.3. The van der Waals surface area contributed by atoms with Crippen LogP contribution >= 0.6 is 11.3 Å². The lowest BCUT2D eigenvalue weighted by molar-refractivity contribution is 0.0992. The van der Waals surface area contributed by atoms with Crippen LogP contribution in [0.25, 0.3) is 21.3 Å². The molecule has 2 N–H and O–H groups in total. The Hall–Kier alpha value is -2.02. The molecule has 24 heavy (non-hydrogen) atoms. The number of hydrogen-bond acceptors (Lipinski definition) is 6. The smallest absolute Gasteiger partial charge is 0.138 e. The summed E-state index contributed by atoms with van der Waals surface area (Å²) in [5.41, 5.74) is 4.87. The van der Waals surface area contributed by atoms with E-state index in [4.69, 9.17) is 9.84 Å². The van der Waals surface area contributed by atoms with E-state index in [1.54, 1.807) is 17.7 Å². The number of nitrogens with one attached hydrogen (secondary N) is 1. The van der Waals surface area contributed by atoms with Gasteiger partial charge in [0, 0.05) is 17.5 Å². The number of anilines is 1. The number of thiophene rings is 1. The van der Waals surface area contributed by atoms with E-state index in [9.17, 15) is 0 Å². The summed E-state index contributed by atoms with van der Waals surface area (Å²) in [6.07, 6.45) is 1.58. The van der Waals surface area contributed by atoms with Crippen LogP contribution in [-0.2, 0) is 4.74 Å². The molecule has 0 aliphatic rings. The third-order valence-corrected chi connectivity index (χ3v) is 4.70. The van der Waals surface area contributed by atoms with Crippen LogP contribution in [0.15, 0.2) is 29.9 Å². The van der Waals surface area contributed by atoms with E-state index in [-0.39, 0.29) is 6.61 Å². The number of nitrogens with zero attached hydrogens (tertiary/aromatic N) is 2. The van der Waals surface area contributed by atoms with Gasteiger partial charge in [-0.2, -0.15) is 0 Å². The molecule has 0 saturated heterocycles. The van der Waals surface area contributed by atoms with Gasteiger partial charge in [-0.1, -0.05) is 23.8 Å². The van der Waals surface area contributed by atoms with E-state index in [1.807, 2.05) is 0 Å². The summed E-state index contributed by atoms with van der Waals surface area (Å²) in [7, 11) is 0. The van der Waals surface area contributed by atoms with Crippen LogP contribution in [0.1, 0.15) is 11.1 Å². The molecular weight excluding hydrogens is 322 g/mol. The van der Waals surface area contributed by atoms with Gasteiger partial charge in [0.2, 0.25) is 0 Å². The van der Waals surface area contributed by atoms with Crippen LogP contribution in [0.4, 0.5) is 5.82 Å². The zero-order valence-electron chi connectivity index (χ0n) is 13.9. The monoisotopic (exact) mass is 343 g/mol. The van der Waals surface area contributed by atoms with Crippen molar-refractivity contribution in [2.75, 3.05) is 31.7 Å². The number of ether oxygens (including phenoxy) is 1. The molecule has 0 unspecified atom stereocenters. The number of aliphatic hydroxyl groups excluding tert-OH is 1. The normalized spacial score (nSPS) is 11.1. The minimum absolute atomic E-state index is 0.0408. The summed E-state index contributed by atoms with van der Waals surface area (Å²) in [5.74, 6) is 0.823. The number of rotatable bonds is 7. The van der Waals surface area contributed by atoms with Crippen molar-refractivity contribution in [3.63, 3.8) is 0 Å². The van der Waals surface area contributed by atoms with Crippen molar-refractivity contribution in [2.24, 2.45) is 0 Å². The minimum atomic E-state index is 0.0408. The molecule has 3 rings (SSSR count). The van der Waals surface area contributed by atoms with Gasteiger partial charge in [0.05, 0.1) is 25.2 Å². The highest BCUT2D eigenvalue weighted by Crippen LogP contribution is 2.37. The van der Waals surface area contributed by atoms with Crippen molar-refractivity contribution in [1.29, 1.82) is 0 Å². The van der Waals surface area contributed by atoms with Crippen molar-refractivity contribution in [1.82, 2.24) is 9.97 Å². The first-order chi connectivity index (χ1) is 11.7. The van der Waals surface area contributed by atoms with Crippen molar-refractivity contribution in [3.05, 3.63) is 41.0 Å². The zero-order valence-corrected chi connectivity index (χ0v) is 14.7. The fraction of sp³-hybridized carbons (Fsp3) is 0.333. The number of fused-ring (bicyclic) bond motifs is 1. The number of aliphatic hydroxyl groups is 1. The molecule has 0 radical (unpaired) electrons. The second-order valence-electron chi connectivity index (χ2n) is 5.63. The van der Waals surface area contributed by atoms with Gasteiger partial charge in [-0.15, -0.1) is 11.3 Å².